The zero-order valence-corrected chi connectivity index (χ0v) is 12.0. The molecule has 0 spiro atoms. The van der Waals surface area contributed by atoms with Gasteiger partial charge in [-0.3, -0.25) is 4.79 Å². The van der Waals surface area contributed by atoms with Crippen molar-refractivity contribution in [2.75, 3.05) is 0 Å². The molecule has 2 saturated heterocycles. The Balaban J connectivity index is 1.80. The molecular formula is C15H23NO4. The second-order valence-electron chi connectivity index (χ2n) is 6.46. The van der Waals surface area contributed by atoms with Crippen molar-refractivity contribution >= 4 is 11.9 Å². The van der Waals surface area contributed by atoms with Crippen molar-refractivity contribution in [3.63, 3.8) is 0 Å². The number of carbonyl (C=O) groups excluding carboxylic acids is 1. The molecule has 2 heterocycles. The van der Waals surface area contributed by atoms with Gasteiger partial charge in [-0.05, 0) is 44.9 Å². The van der Waals surface area contributed by atoms with Gasteiger partial charge in [0.05, 0.1) is 6.10 Å². The Morgan fingerprint density at radius 1 is 1.15 bits per heavy atom. The van der Waals surface area contributed by atoms with Crippen molar-refractivity contribution in [1.82, 2.24) is 4.90 Å². The summed E-state index contributed by atoms with van der Waals surface area (Å²) >= 11 is 0. The van der Waals surface area contributed by atoms with Gasteiger partial charge < -0.3 is 14.7 Å². The Kier molecular flexibility index (Phi) is 3.71. The molecule has 3 fully saturated rings. The summed E-state index contributed by atoms with van der Waals surface area (Å²) in [5.41, 5.74) is 0. The van der Waals surface area contributed by atoms with Crippen LogP contribution < -0.4 is 0 Å². The van der Waals surface area contributed by atoms with Crippen molar-refractivity contribution < 1.29 is 19.4 Å². The number of hydrogen-bond donors (Lipinski definition) is 1. The van der Waals surface area contributed by atoms with E-state index in [4.69, 9.17) is 4.74 Å². The van der Waals surface area contributed by atoms with Crippen LogP contribution in [-0.2, 0) is 14.3 Å². The quantitative estimate of drug-likeness (QED) is 0.838. The second-order valence-corrected chi connectivity index (χ2v) is 6.46. The van der Waals surface area contributed by atoms with E-state index < -0.39 is 18.1 Å². The predicted octanol–water partition coefficient (Wildman–Crippen LogP) is 1.80. The molecule has 0 aromatic heterocycles. The summed E-state index contributed by atoms with van der Waals surface area (Å²) in [4.78, 5) is 25.9. The van der Waals surface area contributed by atoms with Gasteiger partial charge in [-0.15, -0.1) is 0 Å². The predicted molar refractivity (Wildman–Crippen MR) is 72.2 cm³/mol. The fourth-order valence-electron chi connectivity index (χ4n) is 4.15. The first-order chi connectivity index (χ1) is 9.58. The van der Waals surface area contributed by atoms with Crippen molar-refractivity contribution in [1.29, 1.82) is 0 Å². The summed E-state index contributed by atoms with van der Waals surface area (Å²) < 4.78 is 5.66. The van der Waals surface area contributed by atoms with Gasteiger partial charge in [-0.1, -0.05) is 12.8 Å². The second kappa shape index (κ2) is 5.35. The molecule has 3 aliphatic rings. The van der Waals surface area contributed by atoms with Crippen LogP contribution >= 0.6 is 0 Å². The maximum Gasteiger partial charge on any atom is 0.326 e. The first kappa shape index (κ1) is 13.9. The molecule has 0 bridgehead atoms. The molecule has 1 aliphatic carbocycles. The van der Waals surface area contributed by atoms with Crippen molar-refractivity contribution in [3.05, 3.63) is 0 Å². The third kappa shape index (κ3) is 2.32. The van der Waals surface area contributed by atoms with Crippen LogP contribution in [0.1, 0.15) is 51.9 Å². The number of carboxylic acids is 1. The minimum atomic E-state index is -0.862. The Morgan fingerprint density at radius 2 is 1.90 bits per heavy atom. The highest BCUT2D eigenvalue weighted by molar-refractivity contribution is 5.87. The number of carboxylic acid groups (broad SMARTS) is 1. The summed E-state index contributed by atoms with van der Waals surface area (Å²) in [6.07, 6.45) is 6.17. The normalized spacial score (nSPS) is 40.6. The maximum atomic E-state index is 12.7. The molecule has 0 aromatic carbocycles. The van der Waals surface area contributed by atoms with E-state index in [1.807, 2.05) is 6.92 Å². The summed E-state index contributed by atoms with van der Waals surface area (Å²) in [6.45, 7) is 1.97. The highest BCUT2D eigenvalue weighted by atomic mass is 16.5. The zero-order valence-electron chi connectivity index (χ0n) is 12.0. The molecule has 1 N–H and O–H groups in total. The summed E-state index contributed by atoms with van der Waals surface area (Å²) in [5.74, 6) is -0.581. The van der Waals surface area contributed by atoms with Crippen LogP contribution in [0.5, 0.6) is 0 Å². The fourth-order valence-corrected chi connectivity index (χ4v) is 4.15. The van der Waals surface area contributed by atoms with Crippen LogP contribution in [0, 0.1) is 5.92 Å². The minimum Gasteiger partial charge on any atom is -0.480 e. The number of nitrogens with zero attached hydrogens (tertiary/aromatic N) is 1. The molecule has 112 valence electrons. The SMILES string of the molecule is CC1CCC(C(=O)N2C(C(=O)O)CC3CCCCC32)O1. The number of likely N-dealkylation sites (tertiary alicyclic amines) is 1. The van der Waals surface area contributed by atoms with Crippen LogP contribution in [0.2, 0.25) is 0 Å². The van der Waals surface area contributed by atoms with Crippen molar-refractivity contribution in [2.24, 2.45) is 5.92 Å². The Labute approximate surface area is 119 Å². The average Bonchev–Trinajstić information content (AvgIpc) is 3.01. The van der Waals surface area contributed by atoms with Gasteiger partial charge in [0.25, 0.3) is 5.91 Å². The molecule has 3 rings (SSSR count). The van der Waals surface area contributed by atoms with Crippen LogP contribution in [0.3, 0.4) is 0 Å². The number of carbonyl (C=O) groups is 2. The van der Waals surface area contributed by atoms with Crippen LogP contribution in [-0.4, -0.2) is 46.2 Å². The van der Waals surface area contributed by atoms with E-state index in [1.54, 1.807) is 4.90 Å². The molecule has 1 amide bonds. The van der Waals surface area contributed by atoms with E-state index in [0.717, 1.165) is 38.5 Å². The van der Waals surface area contributed by atoms with E-state index in [2.05, 4.69) is 0 Å². The van der Waals surface area contributed by atoms with Crippen molar-refractivity contribution in [2.45, 2.75) is 76.2 Å². The first-order valence-electron chi connectivity index (χ1n) is 7.78. The minimum absolute atomic E-state index is 0.0869. The van der Waals surface area contributed by atoms with Crippen LogP contribution in [0.25, 0.3) is 0 Å². The number of rotatable bonds is 2. The molecule has 1 saturated carbocycles. The Morgan fingerprint density at radius 3 is 2.55 bits per heavy atom. The molecule has 5 nitrogen and oxygen atoms in total. The summed E-state index contributed by atoms with van der Waals surface area (Å²) in [5, 5.41) is 9.44. The van der Waals surface area contributed by atoms with Crippen LogP contribution in [0.15, 0.2) is 0 Å². The third-order valence-corrected chi connectivity index (χ3v) is 5.13. The molecular weight excluding hydrogens is 258 g/mol. The lowest BCUT2D eigenvalue weighted by Gasteiger charge is -2.34. The van der Waals surface area contributed by atoms with Gasteiger partial charge in [0, 0.05) is 6.04 Å². The van der Waals surface area contributed by atoms with E-state index in [9.17, 15) is 14.7 Å². The van der Waals surface area contributed by atoms with E-state index in [0.29, 0.717) is 12.3 Å². The molecule has 20 heavy (non-hydrogen) atoms. The van der Waals surface area contributed by atoms with Gasteiger partial charge >= 0.3 is 5.97 Å². The molecule has 5 heteroatoms. The average molecular weight is 281 g/mol. The third-order valence-electron chi connectivity index (χ3n) is 5.13. The number of aliphatic carboxylic acids is 1. The largest absolute Gasteiger partial charge is 0.480 e. The van der Waals surface area contributed by atoms with Crippen LogP contribution in [0.4, 0.5) is 0 Å². The smallest absolute Gasteiger partial charge is 0.326 e. The maximum absolute atomic E-state index is 12.7. The first-order valence-corrected chi connectivity index (χ1v) is 7.78. The number of hydrogen-bond acceptors (Lipinski definition) is 3. The van der Waals surface area contributed by atoms with Gasteiger partial charge in [-0.25, -0.2) is 4.79 Å². The lowest BCUT2D eigenvalue weighted by Crippen LogP contribution is -2.50. The molecule has 0 radical (unpaired) electrons. The fraction of sp³-hybridized carbons (Fsp3) is 0.867. The standard InChI is InChI=1S/C15H23NO4/c1-9-6-7-13(20-9)14(17)16-11-5-3-2-4-10(11)8-12(16)15(18)19/h9-13H,2-8H2,1H3,(H,18,19). The molecule has 0 aromatic rings. The molecule has 5 atom stereocenters. The van der Waals surface area contributed by atoms with Gasteiger partial charge in [0.1, 0.15) is 12.1 Å². The molecule has 2 aliphatic heterocycles. The topological polar surface area (TPSA) is 66.8 Å². The monoisotopic (exact) mass is 281 g/mol. The number of amides is 1. The highest BCUT2D eigenvalue weighted by Crippen LogP contribution is 2.41. The van der Waals surface area contributed by atoms with E-state index >= 15 is 0 Å². The number of ether oxygens (including phenoxy) is 1. The number of fused-ring (bicyclic) bond motifs is 1. The lowest BCUT2D eigenvalue weighted by molar-refractivity contribution is -0.155. The summed E-state index contributed by atoms with van der Waals surface area (Å²) in [7, 11) is 0. The van der Waals surface area contributed by atoms with E-state index in [-0.39, 0.29) is 18.1 Å². The Hall–Kier alpha value is -1.10. The Bertz CT molecular complexity index is 411. The van der Waals surface area contributed by atoms with Crippen molar-refractivity contribution in [3.8, 4) is 0 Å². The zero-order chi connectivity index (χ0) is 14.3. The lowest BCUT2D eigenvalue weighted by atomic mass is 9.84. The summed E-state index contributed by atoms with van der Waals surface area (Å²) in [6, 6.07) is -0.521. The van der Waals surface area contributed by atoms with E-state index in [1.165, 1.54) is 0 Å². The van der Waals surface area contributed by atoms with Gasteiger partial charge in [-0.2, -0.15) is 0 Å². The van der Waals surface area contributed by atoms with Gasteiger partial charge in [0.2, 0.25) is 0 Å². The molecule has 5 unspecified atom stereocenters. The van der Waals surface area contributed by atoms with Gasteiger partial charge in [0.15, 0.2) is 0 Å². The highest BCUT2D eigenvalue weighted by Gasteiger charge is 2.49.